The Bertz CT molecular complexity index is 843. The molecule has 1 saturated heterocycles. The van der Waals surface area contributed by atoms with Gasteiger partial charge in [-0.2, -0.15) is 8.42 Å². The number of ether oxygens (including phenoxy) is 1. The highest BCUT2D eigenvalue weighted by Crippen LogP contribution is 2.17. The Hall–Kier alpha value is -2.90. The first-order valence-electron chi connectivity index (χ1n) is 9.57. The van der Waals surface area contributed by atoms with Gasteiger partial charge in [0.2, 0.25) is 5.96 Å². The molecule has 0 amide bonds. The zero-order valence-electron chi connectivity index (χ0n) is 17.1. The maximum absolute atomic E-state index is 10.8. The van der Waals surface area contributed by atoms with Gasteiger partial charge in [0.25, 0.3) is 10.2 Å². The summed E-state index contributed by atoms with van der Waals surface area (Å²) in [4.78, 5) is 24.5. The smallest absolute Gasteiger partial charge is 0.414 e. The average molecular weight is 460 g/mol. The lowest BCUT2D eigenvalue weighted by atomic mass is 10.1. The summed E-state index contributed by atoms with van der Waals surface area (Å²) in [6.45, 7) is 4.10. The van der Waals surface area contributed by atoms with Gasteiger partial charge in [-0.25, -0.2) is 19.5 Å². The number of aliphatic carboxylic acids is 2. The molecule has 0 unspecified atom stereocenters. The minimum Gasteiger partial charge on any atom is -0.494 e. The standard InChI is InChI=1S/C16H27N5O3S.C2H2O4/c17-16(20-25(18,22)23)19-8-5-11-24-15-7-4-6-14(12-15)13-21-9-2-1-3-10-21;3-1(4)2(5)6/h4,6-7,12H,1-3,5,8-11,13H2,(H3,17,19,20)(H2,18,22,23);(H,3,4)(H,5,6). The molecule has 13 heteroatoms. The number of aliphatic imine (C=N–C) groups is 1. The molecule has 0 spiro atoms. The highest BCUT2D eigenvalue weighted by atomic mass is 32.2. The van der Waals surface area contributed by atoms with Crippen LogP contribution in [0, 0.1) is 0 Å². The minimum absolute atomic E-state index is 0.217. The summed E-state index contributed by atoms with van der Waals surface area (Å²) in [6, 6.07) is 8.11. The second kappa shape index (κ2) is 13.4. The van der Waals surface area contributed by atoms with E-state index in [-0.39, 0.29) is 5.96 Å². The Morgan fingerprint density at radius 2 is 1.81 bits per heavy atom. The summed E-state index contributed by atoms with van der Waals surface area (Å²) in [6.07, 6.45) is 4.50. The molecular weight excluding hydrogens is 430 g/mol. The third kappa shape index (κ3) is 13.1. The summed E-state index contributed by atoms with van der Waals surface area (Å²) < 4.78 is 29.2. The lowest BCUT2D eigenvalue weighted by Crippen LogP contribution is -2.41. The van der Waals surface area contributed by atoms with Crippen molar-refractivity contribution in [2.75, 3.05) is 26.2 Å². The number of nitrogens with one attached hydrogen (secondary N) is 1. The van der Waals surface area contributed by atoms with Crippen LogP contribution in [0.5, 0.6) is 5.75 Å². The van der Waals surface area contributed by atoms with E-state index in [1.807, 2.05) is 16.9 Å². The highest BCUT2D eigenvalue weighted by Gasteiger charge is 2.10. The minimum atomic E-state index is -3.87. The normalized spacial score (nSPS) is 14.8. The second-order valence-electron chi connectivity index (χ2n) is 6.71. The number of guanidine groups is 1. The van der Waals surface area contributed by atoms with E-state index in [4.69, 9.17) is 35.4 Å². The first-order valence-corrected chi connectivity index (χ1v) is 11.1. The SMILES string of the molecule is NC(=NCCCOc1cccc(CN2CCCCC2)c1)NS(N)(=O)=O.O=C(O)C(=O)O. The molecule has 0 aliphatic carbocycles. The van der Waals surface area contributed by atoms with Gasteiger partial charge in [-0.05, 0) is 43.6 Å². The number of hydrogen-bond donors (Lipinski definition) is 5. The van der Waals surface area contributed by atoms with Gasteiger partial charge < -0.3 is 20.7 Å². The summed E-state index contributed by atoms with van der Waals surface area (Å²) in [5, 5.41) is 19.6. The van der Waals surface area contributed by atoms with Crippen LogP contribution < -0.4 is 20.3 Å². The van der Waals surface area contributed by atoms with Gasteiger partial charge in [0.05, 0.1) is 6.61 Å². The van der Waals surface area contributed by atoms with E-state index < -0.39 is 22.1 Å². The lowest BCUT2D eigenvalue weighted by molar-refractivity contribution is -0.159. The molecule has 12 nitrogen and oxygen atoms in total. The number of carboxylic acid groups (broad SMARTS) is 2. The van der Waals surface area contributed by atoms with Crippen molar-refractivity contribution in [2.24, 2.45) is 15.9 Å². The summed E-state index contributed by atoms with van der Waals surface area (Å²) >= 11 is 0. The van der Waals surface area contributed by atoms with E-state index in [1.165, 1.54) is 24.8 Å². The fraction of sp³-hybridized carbons (Fsp3) is 0.500. The number of nitrogens with zero attached hydrogens (tertiary/aromatic N) is 2. The molecule has 1 heterocycles. The van der Waals surface area contributed by atoms with Crippen LogP contribution in [0.1, 0.15) is 31.2 Å². The van der Waals surface area contributed by atoms with Crippen molar-refractivity contribution in [1.29, 1.82) is 0 Å². The van der Waals surface area contributed by atoms with Crippen molar-refractivity contribution in [3.63, 3.8) is 0 Å². The zero-order valence-corrected chi connectivity index (χ0v) is 17.9. The second-order valence-corrected chi connectivity index (χ2v) is 8.00. The molecule has 0 radical (unpaired) electrons. The summed E-state index contributed by atoms with van der Waals surface area (Å²) in [5.41, 5.74) is 6.65. The molecule has 1 aromatic rings. The monoisotopic (exact) mass is 459 g/mol. The maximum Gasteiger partial charge on any atom is 0.414 e. The zero-order chi connectivity index (χ0) is 23.3. The van der Waals surface area contributed by atoms with Gasteiger partial charge in [0.15, 0.2) is 0 Å². The highest BCUT2D eigenvalue weighted by molar-refractivity contribution is 7.87. The maximum atomic E-state index is 10.8. The molecule has 0 atom stereocenters. The number of likely N-dealkylation sites (tertiary alicyclic amines) is 1. The predicted molar refractivity (Wildman–Crippen MR) is 114 cm³/mol. The van der Waals surface area contributed by atoms with Crippen molar-refractivity contribution >= 4 is 28.1 Å². The molecule has 7 N–H and O–H groups in total. The number of hydrogen-bond acceptors (Lipinski definition) is 7. The van der Waals surface area contributed by atoms with Crippen LogP contribution in [-0.4, -0.2) is 67.7 Å². The van der Waals surface area contributed by atoms with Crippen molar-refractivity contribution in [2.45, 2.75) is 32.2 Å². The van der Waals surface area contributed by atoms with E-state index in [0.717, 1.165) is 25.4 Å². The fourth-order valence-corrected chi connectivity index (χ4v) is 3.10. The molecular formula is C18H29N5O7S. The molecule has 1 fully saturated rings. The quantitative estimate of drug-likeness (QED) is 0.150. The van der Waals surface area contributed by atoms with E-state index in [2.05, 4.69) is 22.0 Å². The topological polar surface area (TPSA) is 198 Å². The van der Waals surface area contributed by atoms with Gasteiger partial charge in [0, 0.05) is 19.5 Å². The summed E-state index contributed by atoms with van der Waals surface area (Å²) in [7, 11) is -3.87. The van der Waals surface area contributed by atoms with Crippen LogP contribution in [0.15, 0.2) is 29.3 Å². The number of carboxylic acids is 2. The van der Waals surface area contributed by atoms with E-state index >= 15 is 0 Å². The Morgan fingerprint density at radius 3 is 2.39 bits per heavy atom. The number of carbonyl (C=O) groups is 2. The molecule has 0 aromatic heterocycles. The average Bonchev–Trinajstić information content (AvgIpc) is 2.68. The predicted octanol–water partition coefficient (Wildman–Crippen LogP) is -0.295. The van der Waals surface area contributed by atoms with Crippen LogP contribution in [0.3, 0.4) is 0 Å². The van der Waals surface area contributed by atoms with Gasteiger partial charge >= 0.3 is 11.9 Å². The van der Waals surface area contributed by atoms with Gasteiger partial charge in [0.1, 0.15) is 5.75 Å². The Labute approximate surface area is 181 Å². The Balaban J connectivity index is 0.000000703. The van der Waals surface area contributed by atoms with Crippen LogP contribution in [0.25, 0.3) is 0 Å². The number of piperidine rings is 1. The number of rotatable bonds is 8. The van der Waals surface area contributed by atoms with Gasteiger partial charge in [-0.3, -0.25) is 9.89 Å². The van der Waals surface area contributed by atoms with Crippen LogP contribution >= 0.6 is 0 Å². The van der Waals surface area contributed by atoms with Crippen LogP contribution in [0.2, 0.25) is 0 Å². The number of nitrogens with two attached hydrogens (primary N) is 2. The first kappa shape index (κ1) is 26.1. The van der Waals surface area contributed by atoms with Gasteiger partial charge in [-0.1, -0.05) is 18.6 Å². The van der Waals surface area contributed by atoms with Crippen LogP contribution in [0.4, 0.5) is 0 Å². The summed E-state index contributed by atoms with van der Waals surface area (Å²) in [5.74, 6) is -3.04. The van der Waals surface area contributed by atoms with E-state index in [9.17, 15) is 8.42 Å². The largest absolute Gasteiger partial charge is 0.494 e. The molecule has 1 aromatic carbocycles. The Morgan fingerprint density at radius 1 is 1.16 bits per heavy atom. The molecule has 2 rings (SSSR count). The first-order chi connectivity index (χ1) is 14.6. The Kier molecular flexibility index (Phi) is 11.3. The number of benzene rings is 1. The molecule has 0 bridgehead atoms. The molecule has 0 saturated carbocycles. The molecule has 31 heavy (non-hydrogen) atoms. The van der Waals surface area contributed by atoms with Crippen molar-refractivity contribution in [1.82, 2.24) is 9.62 Å². The molecule has 174 valence electrons. The molecule has 1 aliphatic rings. The fourth-order valence-electron chi connectivity index (χ4n) is 2.74. The van der Waals surface area contributed by atoms with Crippen molar-refractivity contribution in [3.8, 4) is 5.75 Å². The van der Waals surface area contributed by atoms with E-state index in [0.29, 0.717) is 19.6 Å². The van der Waals surface area contributed by atoms with E-state index in [1.54, 1.807) is 0 Å². The third-order valence-electron chi connectivity index (χ3n) is 4.04. The van der Waals surface area contributed by atoms with Gasteiger partial charge in [-0.15, -0.1) is 0 Å². The van der Waals surface area contributed by atoms with Crippen molar-refractivity contribution in [3.05, 3.63) is 29.8 Å². The lowest BCUT2D eigenvalue weighted by Gasteiger charge is -2.26. The van der Waals surface area contributed by atoms with Crippen molar-refractivity contribution < 1.29 is 33.0 Å². The third-order valence-corrected chi connectivity index (χ3v) is 4.53. The molecule has 1 aliphatic heterocycles. The van der Waals surface area contributed by atoms with Crippen LogP contribution in [-0.2, 0) is 26.3 Å².